The Kier molecular flexibility index (Phi) is 5.64. The predicted octanol–water partition coefficient (Wildman–Crippen LogP) is 4.68. The third-order valence-corrected chi connectivity index (χ3v) is 3.20. The third kappa shape index (κ3) is 4.96. The van der Waals surface area contributed by atoms with Crippen molar-refractivity contribution in [3.05, 3.63) is 57.8 Å². The summed E-state index contributed by atoms with van der Waals surface area (Å²) < 4.78 is 0. The van der Waals surface area contributed by atoms with Gasteiger partial charge >= 0.3 is 0 Å². The van der Waals surface area contributed by atoms with Gasteiger partial charge in [-0.1, -0.05) is 44.2 Å². The van der Waals surface area contributed by atoms with Gasteiger partial charge in [0.1, 0.15) is 6.29 Å². The number of carbonyl (C=O) groups excluding carboxylic acids is 1. The number of hydrogen-bond donors (Lipinski definition) is 0. The molecule has 0 radical (unpaired) electrons. The molecule has 0 aliphatic carbocycles. The van der Waals surface area contributed by atoms with E-state index >= 15 is 0 Å². The summed E-state index contributed by atoms with van der Waals surface area (Å²) in [6, 6.07) is 11.8. The van der Waals surface area contributed by atoms with Gasteiger partial charge in [-0.3, -0.25) is 4.79 Å². The standard InChI is InChI=1S/C10H12O.C5H6S/c1-8(2)10-5-3-9(7-11)4-6-10;1-5-3-2-4-6-5/h3-8H,1-2H3;2-4H,1H3. The minimum Gasteiger partial charge on any atom is -0.298 e. The molecule has 1 heterocycles. The number of aryl methyl sites for hydroxylation is 1. The zero-order valence-electron chi connectivity index (χ0n) is 10.5. The van der Waals surface area contributed by atoms with Gasteiger partial charge in [-0.05, 0) is 29.9 Å². The van der Waals surface area contributed by atoms with Gasteiger partial charge in [0, 0.05) is 10.4 Å². The summed E-state index contributed by atoms with van der Waals surface area (Å²) in [5, 5.41) is 2.08. The highest BCUT2D eigenvalue weighted by atomic mass is 32.1. The molecule has 0 N–H and O–H groups in total. The highest BCUT2D eigenvalue weighted by Gasteiger charge is 1.96. The van der Waals surface area contributed by atoms with Crippen molar-refractivity contribution in [2.45, 2.75) is 26.7 Å². The molecule has 0 saturated carbocycles. The number of carbonyl (C=O) groups is 1. The molecule has 0 fully saturated rings. The summed E-state index contributed by atoms with van der Waals surface area (Å²) in [6.45, 7) is 6.37. The van der Waals surface area contributed by atoms with Crippen LogP contribution in [0.25, 0.3) is 0 Å². The lowest BCUT2D eigenvalue weighted by atomic mass is 10.0. The summed E-state index contributed by atoms with van der Waals surface area (Å²) in [5.41, 5.74) is 2.02. The van der Waals surface area contributed by atoms with Crippen LogP contribution in [0, 0.1) is 6.92 Å². The molecule has 0 saturated heterocycles. The van der Waals surface area contributed by atoms with Crippen molar-refractivity contribution in [3.8, 4) is 0 Å². The van der Waals surface area contributed by atoms with Crippen molar-refractivity contribution in [2.24, 2.45) is 0 Å². The molecule has 2 rings (SSSR count). The second-order valence-corrected chi connectivity index (χ2v) is 5.31. The van der Waals surface area contributed by atoms with Crippen LogP contribution in [0.3, 0.4) is 0 Å². The first kappa shape index (κ1) is 13.7. The van der Waals surface area contributed by atoms with E-state index in [-0.39, 0.29) is 0 Å². The van der Waals surface area contributed by atoms with Crippen LogP contribution in [0.1, 0.15) is 40.6 Å². The van der Waals surface area contributed by atoms with E-state index in [0.29, 0.717) is 5.92 Å². The number of benzene rings is 1. The molecule has 0 unspecified atom stereocenters. The fourth-order valence-corrected chi connectivity index (χ4v) is 1.85. The van der Waals surface area contributed by atoms with Crippen LogP contribution >= 0.6 is 11.3 Å². The Labute approximate surface area is 107 Å². The summed E-state index contributed by atoms with van der Waals surface area (Å²) in [4.78, 5) is 11.7. The van der Waals surface area contributed by atoms with Gasteiger partial charge < -0.3 is 0 Å². The molecule has 0 amide bonds. The van der Waals surface area contributed by atoms with Gasteiger partial charge in [-0.15, -0.1) is 11.3 Å². The van der Waals surface area contributed by atoms with Gasteiger partial charge in [0.15, 0.2) is 0 Å². The Hall–Kier alpha value is -1.41. The summed E-state index contributed by atoms with van der Waals surface area (Å²) in [6.07, 6.45) is 0.865. The molecule has 0 atom stereocenters. The highest BCUT2D eigenvalue weighted by molar-refractivity contribution is 7.09. The van der Waals surface area contributed by atoms with Gasteiger partial charge in [0.2, 0.25) is 0 Å². The first-order valence-electron chi connectivity index (χ1n) is 5.68. The fourth-order valence-electron chi connectivity index (χ4n) is 1.32. The van der Waals surface area contributed by atoms with Crippen molar-refractivity contribution in [1.29, 1.82) is 0 Å². The van der Waals surface area contributed by atoms with Crippen LogP contribution in [0.5, 0.6) is 0 Å². The zero-order chi connectivity index (χ0) is 12.7. The van der Waals surface area contributed by atoms with E-state index in [1.165, 1.54) is 10.4 Å². The molecule has 1 aromatic carbocycles. The first-order valence-corrected chi connectivity index (χ1v) is 6.56. The lowest BCUT2D eigenvalue weighted by molar-refractivity contribution is 0.112. The van der Waals surface area contributed by atoms with E-state index in [1.807, 2.05) is 24.3 Å². The van der Waals surface area contributed by atoms with Crippen molar-refractivity contribution < 1.29 is 4.79 Å². The SMILES string of the molecule is CC(C)c1ccc(C=O)cc1.Cc1cccs1. The summed E-state index contributed by atoms with van der Waals surface area (Å²) >= 11 is 1.78. The smallest absolute Gasteiger partial charge is 0.150 e. The Morgan fingerprint density at radius 3 is 2.06 bits per heavy atom. The minimum absolute atomic E-state index is 0.538. The Morgan fingerprint density at radius 1 is 1.12 bits per heavy atom. The average Bonchev–Trinajstić information content (AvgIpc) is 2.81. The molecular formula is C15H18OS. The van der Waals surface area contributed by atoms with Gasteiger partial charge in [-0.2, -0.15) is 0 Å². The molecule has 1 nitrogen and oxygen atoms in total. The topological polar surface area (TPSA) is 17.1 Å². The molecule has 2 heteroatoms. The van der Waals surface area contributed by atoms with E-state index in [1.54, 1.807) is 11.3 Å². The predicted molar refractivity (Wildman–Crippen MR) is 75.0 cm³/mol. The molecule has 0 spiro atoms. The van der Waals surface area contributed by atoms with Crippen molar-refractivity contribution >= 4 is 17.6 Å². The summed E-state index contributed by atoms with van der Waals surface area (Å²) in [5.74, 6) is 0.538. The average molecular weight is 246 g/mol. The van der Waals surface area contributed by atoms with Gasteiger partial charge in [-0.25, -0.2) is 0 Å². The number of thiophene rings is 1. The zero-order valence-corrected chi connectivity index (χ0v) is 11.3. The Bertz CT molecular complexity index is 426. The van der Waals surface area contributed by atoms with Crippen LogP contribution in [-0.4, -0.2) is 6.29 Å². The quantitative estimate of drug-likeness (QED) is 0.703. The lowest BCUT2D eigenvalue weighted by Crippen LogP contribution is -1.87. The Morgan fingerprint density at radius 2 is 1.76 bits per heavy atom. The second kappa shape index (κ2) is 7.02. The van der Waals surface area contributed by atoms with Crippen LogP contribution in [-0.2, 0) is 0 Å². The monoisotopic (exact) mass is 246 g/mol. The lowest BCUT2D eigenvalue weighted by Gasteiger charge is -2.03. The van der Waals surface area contributed by atoms with E-state index in [4.69, 9.17) is 0 Å². The van der Waals surface area contributed by atoms with Gasteiger partial charge in [0.25, 0.3) is 0 Å². The van der Waals surface area contributed by atoms with Crippen LogP contribution < -0.4 is 0 Å². The van der Waals surface area contributed by atoms with Crippen molar-refractivity contribution in [3.63, 3.8) is 0 Å². The molecular weight excluding hydrogens is 228 g/mol. The van der Waals surface area contributed by atoms with Crippen molar-refractivity contribution in [1.82, 2.24) is 0 Å². The van der Waals surface area contributed by atoms with Crippen LogP contribution in [0.2, 0.25) is 0 Å². The van der Waals surface area contributed by atoms with Crippen molar-refractivity contribution in [2.75, 3.05) is 0 Å². The summed E-state index contributed by atoms with van der Waals surface area (Å²) in [7, 11) is 0. The molecule has 0 aliphatic rings. The Balaban J connectivity index is 0.000000202. The maximum absolute atomic E-state index is 10.3. The number of rotatable bonds is 2. The second-order valence-electron chi connectivity index (χ2n) is 4.16. The van der Waals surface area contributed by atoms with E-state index in [0.717, 1.165) is 11.8 Å². The normalized spacial score (nSPS) is 9.65. The largest absolute Gasteiger partial charge is 0.298 e. The highest BCUT2D eigenvalue weighted by Crippen LogP contribution is 2.13. The minimum atomic E-state index is 0.538. The molecule has 0 bridgehead atoms. The third-order valence-electron chi connectivity index (χ3n) is 2.40. The molecule has 2 aromatic rings. The van der Waals surface area contributed by atoms with E-state index in [9.17, 15) is 4.79 Å². The maximum Gasteiger partial charge on any atom is 0.150 e. The molecule has 1 aromatic heterocycles. The van der Waals surface area contributed by atoms with Gasteiger partial charge in [0.05, 0.1) is 0 Å². The molecule has 17 heavy (non-hydrogen) atoms. The van der Waals surface area contributed by atoms with Crippen LogP contribution in [0.4, 0.5) is 0 Å². The fraction of sp³-hybridized carbons (Fsp3) is 0.267. The van der Waals surface area contributed by atoms with Crippen LogP contribution in [0.15, 0.2) is 41.8 Å². The molecule has 90 valence electrons. The van der Waals surface area contributed by atoms with E-state index in [2.05, 4.69) is 38.3 Å². The number of aldehydes is 1. The van der Waals surface area contributed by atoms with E-state index < -0.39 is 0 Å². The maximum atomic E-state index is 10.3. The number of hydrogen-bond acceptors (Lipinski definition) is 2. The first-order chi connectivity index (χ1) is 8.13. The molecule has 0 aliphatic heterocycles.